The second-order valence-electron chi connectivity index (χ2n) is 4.88. The molecule has 1 heterocycles. The minimum absolute atomic E-state index is 0.231. The first kappa shape index (κ1) is 14.8. The zero-order valence-electron chi connectivity index (χ0n) is 11.6. The van der Waals surface area contributed by atoms with Crippen LogP contribution in [0.3, 0.4) is 0 Å². The molecule has 0 aliphatic carbocycles. The first-order chi connectivity index (χ1) is 10.5. The van der Waals surface area contributed by atoms with E-state index in [0.717, 1.165) is 16.7 Å². The summed E-state index contributed by atoms with van der Waals surface area (Å²) < 4.78 is 5.22. The minimum atomic E-state index is -0.484. The van der Waals surface area contributed by atoms with Crippen LogP contribution in [0.5, 0.6) is 0 Å². The lowest BCUT2D eigenvalue weighted by molar-refractivity contribution is -0.129. The highest BCUT2D eigenvalue weighted by molar-refractivity contribution is 6.42. The molecule has 0 saturated heterocycles. The molecule has 0 N–H and O–H groups in total. The summed E-state index contributed by atoms with van der Waals surface area (Å²) in [7, 11) is 0. The Bertz CT molecular complexity index is 825. The third-order valence-corrected chi connectivity index (χ3v) is 3.87. The monoisotopic (exact) mass is 331 g/mol. The maximum atomic E-state index is 11.9. The molecule has 0 spiro atoms. The number of rotatable bonds is 2. The summed E-state index contributed by atoms with van der Waals surface area (Å²) in [6.07, 6.45) is 1.62. The minimum Gasteiger partial charge on any atom is -0.402 e. The summed E-state index contributed by atoms with van der Waals surface area (Å²) in [5.41, 5.74) is 2.80. The number of aryl methyl sites for hydroxylation is 1. The number of aliphatic imine (C=N–C) groups is 1. The molecule has 2 aromatic rings. The lowest BCUT2D eigenvalue weighted by Crippen LogP contribution is -2.05. The van der Waals surface area contributed by atoms with Crippen LogP contribution in [-0.2, 0) is 9.53 Å². The predicted molar refractivity (Wildman–Crippen MR) is 88.2 cm³/mol. The number of esters is 1. The molecule has 22 heavy (non-hydrogen) atoms. The summed E-state index contributed by atoms with van der Waals surface area (Å²) in [5, 5.41) is 0.882. The van der Waals surface area contributed by atoms with Gasteiger partial charge >= 0.3 is 5.97 Å². The summed E-state index contributed by atoms with van der Waals surface area (Å²) >= 11 is 11.8. The van der Waals surface area contributed by atoms with Gasteiger partial charge in [0, 0.05) is 5.56 Å². The fourth-order valence-electron chi connectivity index (χ4n) is 2.07. The van der Waals surface area contributed by atoms with Crippen LogP contribution in [0.4, 0.5) is 0 Å². The van der Waals surface area contributed by atoms with Gasteiger partial charge < -0.3 is 4.74 Å². The molecule has 1 aliphatic rings. The molecule has 0 bridgehead atoms. The Kier molecular flexibility index (Phi) is 4.01. The van der Waals surface area contributed by atoms with Gasteiger partial charge in [0.15, 0.2) is 5.70 Å². The smallest absolute Gasteiger partial charge is 0.363 e. The van der Waals surface area contributed by atoms with Crippen molar-refractivity contribution in [2.45, 2.75) is 6.92 Å². The normalized spacial score (nSPS) is 15.9. The van der Waals surface area contributed by atoms with E-state index >= 15 is 0 Å². The van der Waals surface area contributed by atoms with E-state index in [0.29, 0.717) is 15.9 Å². The number of ether oxygens (including phenoxy) is 1. The highest BCUT2D eigenvalue weighted by Gasteiger charge is 2.24. The van der Waals surface area contributed by atoms with Crippen LogP contribution < -0.4 is 0 Å². The Morgan fingerprint density at radius 2 is 1.91 bits per heavy atom. The van der Waals surface area contributed by atoms with Crippen molar-refractivity contribution in [3.63, 3.8) is 0 Å². The SMILES string of the molecule is Cc1cccc(C2=N/C(=C\c3ccc(Cl)c(Cl)c3)C(=O)O2)c1. The van der Waals surface area contributed by atoms with E-state index in [-0.39, 0.29) is 5.70 Å². The van der Waals surface area contributed by atoms with Gasteiger partial charge in [-0.25, -0.2) is 9.79 Å². The molecule has 0 saturated carbocycles. The molecule has 0 atom stereocenters. The number of halogens is 2. The summed E-state index contributed by atoms with van der Waals surface area (Å²) in [5.74, 6) is -0.178. The number of nitrogens with zero attached hydrogens (tertiary/aromatic N) is 1. The molecular weight excluding hydrogens is 321 g/mol. The van der Waals surface area contributed by atoms with Crippen LogP contribution in [0, 0.1) is 6.92 Å². The van der Waals surface area contributed by atoms with Gasteiger partial charge in [-0.05, 0) is 42.8 Å². The van der Waals surface area contributed by atoms with Crippen LogP contribution in [0.25, 0.3) is 6.08 Å². The lowest BCUT2D eigenvalue weighted by atomic mass is 10.1. The Hall–Kier alpha value is -2.10. The molecule has 5 heteroatoms. The molecule has 3 rings (SSSR count). The lowest BCUT2D eigenvalue weighted by Gasteiger charge is -1.99. The maximum Gasteiger partial charge on any atom is 0.363 e. The maximum absolute atomic E-state index is 11.9. The van der Waals surface area contributed by atoms with Gasteiger partial charge in [-0.1, -0.05) is 47.0 Å². The molecule has 0 amide bonds. The molecule has 0 aromatic heterocycles. The van der Waals surface area contributed by atoms with Crippen LogP contribution in [-0.4, -0.2) is 11.9 Å². The third kappa shape index (κ3) is 3.06. The zero-order chi connectivity index (χ0) is 15.7. The van der Waals surface area contributed by atoms with Crippen LogP contribution in [0.2, 0.25) is 10.0 Å². The Morgan fingerprint density at radius 1 is 1.09 bits per heavy atom. The van der Waals surface area contributed by atoms with Crippen molar-refractivity contribution >= 4 is 41.1 Å². The fraction of sp³-hybridized carbons (Fsp3) is 0.0588. The standard InChI is InChI=1S/C17H11Cl2NO2/c1-10-3-2-4-12(7-10)16-20-15(17(21)22-16)9-11-5-6-13(18)14(19)8-11/h2-9H,1H3/b15-9-. The third-order valence-electron chi connectivity index (χ3n) is 3.13. The highest BCUT2D eigenvalue weighted by atomic mass is 35.5. The van der Waals surface area contributed by atoms with Crippen molar-refractivity contribution in [2.75, 3.05) is 0 Å². The highest BCUT2D eigenvalue weighted by Crippen LogP contribution is 2.25. The van der Waals surface area contributed by atoms with E-state index < -0.39 is 5.97 Å². The van der Waals surface area contributed by atoms with Crippen LogP contribution >= 0.6 is 23.2 Å². The second-order valence-corrected chi connectivity index (χ2v) is 5.69. The Morgan fingerprint density at radius 3 is 2.64 bits per heavy atom. The molecule has 3 nitrogen and oxygen atoms in total. The van der Waals surface area contributed by atoms with Gasteiger partial charge in [0.05, 0.1) is 10.0 Å². The Balaban J connectivity index is 1.95. The number of hydrogen-bond acceptors (Lipinski definition) is 3. The number of benzene rings is 2. The van der Waals surface area contributed by atoms with E-state index in [9.17, 15) is 4.79 Å². The molecule has 1 aliphatic heterocycles. The van der Waals surface area contributed by atoms with Gasteiger partial charge in [-0.2, -0.15) is 0 Å². The van der Waals surface area contributed by atoms with Crippen molar-refractivity contribution in [3.8, 4) is 0 Å². The van der Waals surface area contributed by atoms with Crippen molar-refractivity contribution in [3.05, 3.63) is 74.9 Å². The largest absolute Gasteiger partial charge is 0.402 e. The average Bonchev–Trinajstić information content (AvgIpc) is 2.84. The van der Waals surface area contributed by atoms with E-state index in [1.54, 1.807) is 24.3 Å². The number of hydrogen-bond donors (Lipinski definition) is 0. The molecular formula is C17H11Cl2NO2. The van der Waals surface area contributed by atoms with Crippen molar-refractivity contribution in [2.24, 2.45) is 4.99 Å². The summed E-state index contributed by atoms with van der Waals surface area (Å²) in [6.45, 7) is 1.97. The van der Waals surface area contributed by atoms with Crippen LogP contribution in [0.15, 0.2) is 53.2 Å². The second kappa shape index (κ2) is 5.95. The fourth-order valence-corrected chi connectivity index (χ4v) is 2.38. The molecule has 110 valence electrons. The first-order valence-corrected chi connectivity index (χ1v) is 7.33. The number of carbonyl (C=O) groups is 1. The number of carbonyl (C=O) groups excluding carboxylic acids is 1. The van der Waals surface area contributed by atoms with E-state index in [2.05, 4.69) is 4.99 Å². The Labute approximate surface area is 137 Å². The quantitative estimate of drug-likeness (QED) is 0.593. The van der Waals surface area contributed by atoms with Gasteiger partial charge in [0.2, 0.25) is 5.90 Å². The van der Waals surface area contributed by atoms with E-state index in [1.165, 1.54) is 0 Å². The van der Waals surface area contributed by atoms with E-state index in [1.807, 2.05) is 31.2 Å². The van der Waals surface area contributed by atoms with Gasteiger partial charge in [0.25, 0.3) is 0 Å². The van der Waals surface area contributed by atoms with E-state index in [4.69, 9.17) is 27.9 Å². The van der Waals surface area contributed by atoms with Gasteiger partial charge in [-0.3, -0.25) is 0 Å². The molecule has 0 radical (unpaired) electrons. The average molecular weight is 332 g/mol. The molecule has 0 unspecified atom stereocenters. The predicted octanol–water partition coefficient (Wildman–Crippen LogP) is 4.65. The number of cyclic esters (lactones) is 1. The zero-order valence-corrected chi connectivity index (χ0v) is 13.2. The van der Waals surface area contributed by atoms with Crippen molar-refractivity contribution in [1.82, 2.24) is 0 Å². The summed E-state index contributed by atoms with van der Waals surface area (Å²) in [4.78, 5) is 16.2. The van der Waals surface area contributed by atoms with Crippen molar-refractivity contribution < 1.29 is 9.53 Å². The molecule has 0 fully saturated rings. The van der Waals surface area contributed by atoms with Crippen molar-refractivity contribution in [1.29, 1.82) is 0 Å². The molecule has 2 aromatic carbocycles. The van der Waals surface area contributed by atoms with Gasteiger partial charge in [0.1, 0.15) is 0 Å². The first-order valence-electron chi connectivity index (χ1n) is 6.57. The van der Waals surface area contributed by atoms with Gasteiger partial charge in [-0.15, -0.1) is 0 Å². The van der Waals surface area contributed by atoms with Crippen LogP contribution in [0.1, 0.15) is 16.7 Å². The topological polar surface area (TPSA) is 38.7 Å². The summed E-state index contributed by atoms with van der Waals surface area (Å²) in [6, 6.07) is 12.7.